The van der Waals surface area contributed by atoms with Gasteiger partial charge < -0.3 is 0 Å². The number of rotatable bonds is 6. The molecule has 2 rings (SSSR count). The Hall–Kier alpha value is 2.15. The first-order chi connectivity index (χ1) is 10.3. The zero-order valence-corrected chi connectivity index (χ0v) is 20.3. The van der Waals surface area contributed by atoms with Gasteiger partial charge in [-0.2, -0.15) is 0 Å². The van der Waals surface area contributed by atoms with Crippen LogP contribution in [0.4, 0.5) is 0 Å². The van der Waals surface area contributed by atoms with E-state index in [4.69, 9.17) is 0 Å². The fourth-order valence-electron chi connectivity index (χ4n) is 1.92. The number of hydrogen-bond acceptors (Lipinski definition) is 0. The second-order valence-electron chi connectivity index (χ2n) is 4.85. The summed E-state index contributed by atoms with van der Waals surface area (Å²) in [6.45, 7) is 4.45. The van der Waals surface area contributed by atoms with Crippen molar-refractivity contribution in [1.82, 2.24) is 0 Å². The third-order valence-electron chi connectivity index (χ3n) is 3.10. The van der Waals surface area contributed by atoms with E-state index in [-0.39, 0.29) is 11.2 Å². The Labute approximate surface area is 164 Å². The van der Waals surface area contributed by atoms with E-state index in [1.807, 2.05) is 0 Å². The Morgan fingerprint density at radius 3 is 1.24 bits per heavy atom. The predicted octanol–water partition coefficient (Wildman–Crippen LogP) is 6.93. The van der Waals surface area contributed by atoms with Crippen LogP contribution >= 0.6 is 38.7 Å². The summed E-state index contributed by atoms with van der Waals surface area (Å²) in [5.41, 5.74) is 0. The molecule has 0 nitrogen and oxygen atoms in total. The number of hydrogen-bond donors (Lipinski definition) is 0. The zero-order chi connectivity index (χ0) is 15.8. The van der Waals surface area contributed by atoms with Crippen LogP contribution in [0, 0.1) is 63.2 Å². The van der Waals surface area contributed by atoms with Crippen molar-refractivity contribution in [1.29, 1.82) is 0 Å². The molecule has 0 heterocycles. The van der Waals surface area contributed by atoms with Gasteiger partial charge in [-0.05, 0) is 76.0 Å². The molecule has 0 aromatic rings. The van der Waals surface area contributed by atoms with Gasteiger partial charge in [0.05, 0.1) is 0 Å². The quantitative estimate of drug-likeness (QED) is 0.267. The fraction of sp³-hybridized carbons (Fsp3) is 0.444. The van der Waals surface area contributed by atoms with E-state index in [1.165, 1.54) is 50.4 Å². The van der Waals surface area contributed by atoms with Gasteiger partial charge >= 0.3 is 49.9 Å². The van der Waals surface area contributed by atoms with Crippen LogP contribution in [0.1, 0.15) is 52.4 Å². The summed E-state index contributed by atoms with van der Waals surface area (Å²) in [7, 11) is 0. The van der Waals surface area contributed by atoms with Crippen molar-refractivity contribution in [2.45, 2.75) is 52.4 Å². The Morgan fingerprint density at radius 2 is 1.00 bits per heavy atom. The molecule has 0 spiro atoms. The molecule has 3 heteroatoms. The van der Waals surface area contributed by atoms with E-state index in [1.54, 1.807) is 0 Å². The van der Waals surface area contributed by atoms with Gasteiger partial charge in [0.2, 0.25) is 0 Å². The third kappa shape index (κ3) is 15.4. The van der Waals surface area contributed by atoms with Gasteiger partial charge in [0.15, 0.2) is 0 Å². The fourth-order valence-corrected chi connectivity index (χ4v) is 1.92. The second kappa shape index (κ2) is 18.5. The summed E-state index contributed by atoms with van der Waals surface area (Å²) in [5, 5.41) is 0. The molecule has 2 aliphatic carbocycles. The normalized spacial score (nSPS) is 18.9. The van der Waals surface area contributed by atoms with Crippen LogP contribution in [0.5, 0.6) is 0 Å². The SMILES string of the molecule is CCCC[C]1[CH][CH][CH][CH]1.CCCC[C]1[CH][CH][CH][CH]1.[I][W][I]. The van der Waals surface area contributed by atoms with Gasteiger partial charge in [-0.1, -0.05) is 39.5 Å². The Bertz CT molecular complexity index is 168. The molecule has 0 aromatic heterocycles. The summed E-state index contributed by atoms with van der Waals surface area (Å²) in [6.07, 6.45) is 24.9. The van der Waals surface area contributed by atoms with Crippen LogP contribution in [0.2, 0.25) is 0 Å². The van der Waals surface area contributed by atoms with Gasteiger partial charge in [-0.25, -0.2) is 0 Å². The predicted molar refractivity (Wildman–Crippen MR) is 108 cm³/mol. The van der Waals surface area contributed by atoms with E-state index in [0.29, 0.717) is 0 Å². The summed E-state index contributed by atoms with van der Waals surface area (Å²) in [6, 6.07) is 0. The first-order valence-electron chi connectivity index (χ1n) is 7.58. The van der Waals surface area contributed by atoms with Crippen molar-refractivity contribution in [3.8, 4) is 0 Å². The molecule has 0 unspecified atom stereocenters. The van der Waals surface area contributed by atoms with E-state index in [0.717, 1.165) is 0 Å². The monoisotopic (exact) mass is 680 g/mol. The summed E-state index contributed by atoms with van der Waals surface area (Å²) in [4.78, 5) is 0. The molecular formula is C18H26I2W. The minimum atomic E-state index is 0.190. The van der Waals surface area contributed by atoms with Gasteiger partial charge in [-0.3, -0.25) is 0 Å². The molecule has 118 valence electrons. The number of unbranched alkanes of at least 4 members (excludes halogenated alkanes) is 2. The summed E-state index contributed by atoms with van der Waals surface area (Å²) in [5.74, 6) is 2.97. The zero-order valence-electron chi connectivity index (χ0n) is 13.0. The van der Waals surface area contributed by atoms with E-state index in [9.17, 15) is 0 Å². The average molecular weight is 680 g/mol. The Kier molecular flexibility index (Phi) is 20.4. The van der Waals surface area contributed by atoms with Crippen molar-refractivity contribution in [2.75, 3.05) is 0 Å². The van der Waals surface area contributed by atoms with Crippen molar-refractivity contribution in [3.05, 3.63) is 63.2 Å². The molecule has 0 amide bonds. The molecule has 0 atom stereocenters. The van der Waals surface area contributed by atoms with Crippen LogP contribution in [-0.2, 0) is 11.2 Å². The first-order valence-corrected chi connectivity index (χ1v) is 24.2. The standard InChI is InChI=1S/2C9H13.2HI.W/c2*1-2-3-6-9-7-4-5-8-9;;;/h2*4-5,7-8H,2-3,6H2,1H3;2*1H;/q;;;;+2/p-2. The molecule has 0 N–H and O–H groups in total. The summed E-state index contributed by atoms with van der Waals surface area (Å²) < 4.78 is 0. The van der Waals surface area contributed by atoms with E-state index in [2.05, 4.69) is 104 Å². The van der Waals surface area contributed by atoms with E-state index < -0.39 is 0 Å². The Balaban J connectivity index is 0.000000322. The second-order valence-corrected chi connectivity index (χ2v) is 26.3. The van der Waals surface area contributed by atoms with Crippen LogP contribution in [0.25, 0.3) is 0 Å². The molecule has 0 aliphatic heterocycles. The molecular weight excluding hydrogens is 654 g/mol. The first kappa shape index (κ1) is 23.1. The van der Waals surface area contributed by atoms with Crippen LogP contribution in [0.15, 0.2) is 0 Å². The molecule has 0 saturated heterocycles. The third-order valence-corrected chi connectivity index (χ3v) is 3.10. The van der Waals surface area contributed by atoms with Crippen molar-refractivity contribution in [2.24, 2.45) is 0 Å². The van der Waals surface area contributed by atoms with Crippen molar-refractivity contribution in [3.63, 3.8) is 0 Å². The molecule has 2 aliphatic rings. The molecule has 0 bridgehead atoms. The van der Waals surface area contributed by atoms with Crippen LogP contribution in [-0.4, -0.2) is 0 Å². The van der Waals surface area contributed by atoms with Crippen molar-refractivity contribution < 1.29 is 11.2 Å². The number of halogens is 2. The van der Waals surface area contributed by atoms with Crippen LogP contribution < -0.4 is 0 Å². The molecule has 2 fully saturated rings. The van der Waals surface area contributed by atoms with Gasteiger partial charge in [-0.15, -0.1) is 0 Å². The maximum atomic E-state index is 2.44. The Morgan fingerprint density at radius 1 is 0.714 bits per heavy atom. The minimum absolute atomic E-state index is 0.190. The van der Waals surface area contributed by atoms with Gasteiger partial charge in [0, 0.05) is 0 Å². The van der Waals surface area contributed by atoms with Gasteiger partial charge in [0.1, 0.15) is 0 Å². The molecule has 2 saturated carbocycles. The summed E-state index contributed by atoms with van der Waals surface area (Å²) >= 11 is 5.07. The molecule has 21 heavy (non-hydrogen) atoms. The topological polar surface area (TPSA) is 0 Å². The average Bonchev–Trinajstić information content (AvgIpc) is 3.18. The maximum absolute atomic E-state index is 2.44. The van der Waals surface area contributed by atoms with Gasteiger partial charge in [0.25, 0.3) is 0 Å². The van der Waals surface area contributed by atoms with Crippen molar-refractivity contribution >= 4 is 38.7 Å². The molecule has 0 aromatic carbocycles. The van der Waals surface area contributed by atoms with Crippen LogP contribution in [0.3, 0.4) is 0 Å². The van der Waals surface area contributed by atoms with E-state index >= 15 is 0 Å². The molecule has 10 radical (unpaired) electrons.